The first-order valence-electron chi connectivity index (χ1n) is 4.80. The Morgan fingerprint density at radius 3 is 2.87 bits per heavy atom. The fourth-order valence-electron chi connectivity index (χ4n) is 1.77. The zero-order valence-corrected chi connectivity index (χ0v) is 8.83. The Bertz CT molecular complexity index is 493. The molecule has 2 aromatic rings. The molecule has 3 rings (SSSR count). The molecule has 0 bridgehead atoms. The van der Waals surface area contributed by atoms with Crippen molar-refractivity contribution in [1.82, 2.24) is 0 Å². The molecular formula is C11H10NO2S+. The Hall–Kier alpha value is -1.42. The van der Waals surface area contributed by atoms with Crippen LogP contribution < -0.4 is 4.57 Å². The van der Waals surface area contributed by atoms with Gasteiger partial charge >= 0.3 is 16.9 Å². The van der Waals surface area contributed by atoms with E-state index < -0.39 is 0 Å². The summed E-state index contributed by atoms with van der Waals surface area (Å²) in [4.78, 5) is 0. The summed E-state index contributed by atoms with van der Waals surface area (Å²) >= 11 is 1.63. The largest absolute Gasteiger partial charge is 0.475 e. The van der Waals surface area contributed by atoms with E-state index >= 15 is 0 Å². The molecule has 0 spiro atoms. The van der Waals surface area contributed by atoms with Crippen molar-refractivity contribution in [2.45, 2.75) is 11.6 Å². The fourth-order valence-corrected chi connectivity index (χ4v) is 2.73. The summed E-state index contributed by atoms with van der Waals surface area (Å²) in [5, 5.41) is 10.4. The highest BCUT2D eigenvalue weighted by atomic mass is 32.2. The summed E-state index contributed by atoms with van der Waals surface area (Å²) in [6.45, 7) is 0.897. The van der Waals surface area contributed by atoms with Crippen molar-refractivity contribution in [2.24, 2.45) is 0 Å². The van der Waals surface area contributed by atoms with Gasteiger partial charge in [-0.2, -0.15) is 0 Å². The van der Waals surface area contributed by atoms with Crippen molar-refractivity contribution in [3.05, 3.63) is 30.3 Å². The van der Waals surface area contributed by atoms with Crippen LogP contribution in [-0.4, -0.2) is 10.9 Å². The molecule has 4 heteroatoms. The molecule has 15 heavy (non-hydrogen) atoms. The summed E-state index contributed by atoms with van der Waals surface area (Å²) in [7, 11) is 0. The first-order chi connectivity index (χ1) is 7.36. The zero-order chi connectivity index (χ0) is 10.3. The van der Waals surface area contributed by atoms with Gasteiger partial charge in [-0.3, -0.25) is 0 Å². The Morgan fingerprint density at radius 1 is 1.27 bits per heavy atom. The number of hydrogen-bond donors (Lipinski definition) is 1. The summed E-state index contributed by atoms with van der Waals surface area (Å²) in [6.07, 6.45) is 0. The summed E-state index contributed by atoms with van der Waals surface area (Å²) < 4.78 is 7.39. The van der Waals surface area contributed by atoms with E-state index in [0.717, 1.165) is 28.8 Å². The van der Waals surface area contributed by atoms with Crippen LogP contribution in [-0.2, 0) is 6.54 Å². The van der Waals surface area contributed by atoms with Crippen LogP contribution in [0, 0.1) is 0 Å². The monoisotopic (exact) mass is 220 g/mol. The van der Waals surface area contributed by atoms with Gasteiger partial charge in [-0.1, -0.05) is 18.2 Å². The molecule has 0 unspecified atom stereocenters. The average molecular weight is 220 g/mol. The number of benzene rings is 1. The molecule has 0 radical (unpaired) electrons. The van der Waals surface area contributed by atoms with Crippen molar-refractivity contribution < 1.29 is 14.1 Å². The molecule has 1 aromatic heterocycles. The summed E-state index contributed by atoms with van der Waals surface area (Å²) in [5.41, 5.74) is 1.00. The predicted octanol–water partition coefficient (Wildman–Crippen LogP) is 2.05. The highest BCUT2D eigenvalue weighted by Crippen LogP contribution is 2.34. The molecule has 76 valence electrons. The molecule has 0 saturated heterocycles. The van der Waals surface area contributed by atoms with Crippen molar-refractivity contribution in [2.75, 3.05) is 5.75 Å². The maximum absolute atomic E-state index is 9.61. The molecule has 0 aliphatic carbocycles. The fraction of sp³-hybridized carbons (Fsp3) is 0.182. The van der Waals surface area contributed by atoms with Crippen LogP contribution >= 0.6 is 11.8 Å². The quantitative estimate of drug-likeness (QED) is 0.747. The molecular weight excluding hydrogens is 210 g/mol. The van der Waals surface area contributed by atoms with E-state index in [4.69, 9.17) is 4.42 Å². The molecule has 0 atom stereocenters. The van der Waals surface area contributed by atoms with Gasteiger partial charge in [0, 0.05) is 0 Å². The first-order valence-corrected chi connectivity index (χ1v) is 5.78. The highest BCUT2D eigenvalue weighted by molar-refractivity contribution is 7.99. The van der Waals surface area contributed by atoms with Gasteiger partial charge in [-0.15, -0.1) is 4.57 Å². The van der Waals surface area contributed by atoms with E-state index in [2.05, 4.69) is 0 Å². The van der Waals surface area contributed by atoms with E-state index in [1.807, 2.05) is 34.9 Å². The van der Waals surface area contributed by atoms with Crippen LogP contribution in [0.3, 0.4) is 0 Å². The van der Waals surface area contributed by atoms with E-state index in [-0.39, 0.29) is 5.95 Å². The molecule has 1 aliphatic heterocycles. The van der Waals surface area contributed by atoms with Gasteiger partial charge in [0.25, 0.3) is 0 Å². The second kappa shape index (κ2) is 3.31. The van der Waals surface area contributed by atoms with Gasteiger partial charge in [-0.25, -0.2) is 0 Å². The molecule has 1 aromatic carbocycles. The van der Waals surface area contributed by atoms with Crippen molar-refractivity contribution in [3.8, 4) is 17.4 Å². The van der Waals surface area contributed by atoms with E-state index in [1.165, 1.54) is 0 Å². The predicted molar refractivity (Wildman–Crippen MR) is 56.7 cm³/mol. The minimum Gasteiger partial charge on any atom is -0.475 e. The molecule has 1 N–H and O–H groups in total. The number of rotatable bonds is 1. The number of fused-ring (bicyclic) bond motifs is 1. The Morgan fingerprint density at radius 2 is 2.07 bits per heavy atom. The van der Waals surface area contributed by atoms with Crippen LogP contribution in [0.1, 0.15) is 0 Å². The number of oxazole rings is 1. The number of nitrogens with zero attached hydrogens (tertiary/aromatic N) is 1. The minimum atomic E-state index is 0.0383. The molecule has 0 fully saturated rings. The summed E-state index contributed by atoms with van der Waals surface area (Å²) in [6, 6.07) is 9.85. The summed E-state index contributed by atoms with van der Waals surface area (Å²) in [5.74, 6) is 1.78. The van der Waals surface area contributed by atoms with Gasteiger partial charge in [0.05, 0.1) is 11.3 Å². The van der Waals surface area contributed by atoms with Crippen molar-refractivity contribution in [3.63, 3.8) is 0 Å². The molecule has 2 heterocycles. The van der Waals surface area contributed by atoms with Crippen molar-refractivity contribution >= 4 is 11.8 Å². The normalized spacial score (nSPS) is 14.1. The zero-order valence-electron chi connectivity index (χ0n) is 8.01. The maximum atomic E-state index is 9.61. The standard InChI is InChI=1S/C11H9NO2S/c13-11-10-12(6-7-15-10)9(14-11)8-4-2-1-3-5-8/h1-5H,6-7H2/p+1. The second-order valence-corrected chi connectivity index (χ2v) is 4.47. The molecule has 1 aliphatic rings. The first kappa shape index (κ1) is 8.85. The van der Waals surface area contributed by atoms with Crippen molar-refractivity contribution in [1.29, 1.82) is 0 Å². The molecule has 0 amide bonds. The third kappa shape index (κ3) is 1.33. The SMILES string of the molecule is Oc1oc(-c2ccccc2)[n+]2c1SCC2. The van der Waals surface area contributed by atoms with E-state index in [1.54, 1.807) is 11.8 Å². The lowest BCUT2D eigenvalue weighted by molar-refractivity contribution is -0.713. The molecule has 0 saturated carbocycles. The Labute approximate surface area is 91.4 Å². The van der Waals surface area contributed by atoms with Gasteiger partial charge in [0.1, 0.15) is 0 Å². The smallest absolute Gasteiger partial charge is 0.384 e. The van der Waals surface area contributed by atoms with Crippen LogP contribution in [0.2, 0.25) is 0 Å². The van der Waals surface area contributed by atoms with Crippen LogP contribution in [0.4, 0.5) is 0 Å². The Balaban J connectivity index is 2.18. The number of thioether (sulfide) groups is 1. The Kier molecular flexibility index (Phi) is 1.95. The lowest BCUT2D eigenvalue weighted by Gasteiger charge is -1.91. The number of hydrogen-bond acceptors (Lipinski definition) is 3. The average Bonchev–Trinajstić information content (AvgIpc) is 2.84. The van der Waals surface area contributed by atoms with Gasteiger partial charge < -0.3 is 9.52 Å². The number of aromatic hydroxyl groups is 1. The van der Waals surface area contributed by atoms with Crippen LogP contribution in [0.15, 0.2) is 39.8 Å². The third-order valence-corrected chi connectivity index (χ3v) is 3.50. The second-order valence-electron chi connectivity index (χ2n) is 3.38. The topological polar surface area (TPSA) is 37.3 Å². The lowest BCUT2D eigenvalue weighted by Crippen LogP contribution is -2.32. The minimum absolute atomic E-state index is 0.0383. The third-order valence-electron chi connectivity index (χ3n) is 2.44. The maximum Gasteiger partial charge on any atom is 0.384 e. The van der Waals surface area contributed by atoms with Crippen LogP contribution in [0.5, 0.6) is 5.95 Å². The lowest BCUT2D eigenvalue weighted by atomic mass is 10.2. The van der Waals surface area contributed by atoms with Crippen LogP contribution in [0.25, 0.3) is 11.5 Å². The van der Waals surface area contributed by atoms with Gasteiger partial charge in [0.2, 0.25) is 0 Å². The van der Waals surface area contributed by atoms with E-state index in [9.17, 15) is 5.11 Å². The van der Waals surface area contributed by atoms with E-state index in [0.29, 0.717) is 0 Å². The van der Waals surface area contributed by atoms with Gasteiger partial charge in [0.15, 0.2) is 6.54 Å². The highest BCUT2D eigenvalue weighted by Gasteiger charge is 2.34. The number of aromatic nitrogens is 1. The van der Waals surface area contributed by atoms with Gasteiger partial charge in [-0.05, 0) is 23.9 Å². The molecule has 3 nitrogen and oxygen atoms in total.